The Morgan fingerprint density at radius 1 is 1.42 bits per heavy atom. The summed E-state index contributed by atoms with van der Waals surface area (Å²) in [4.78, 5) is 6.06. The predicted octanol–water partition coefficient (Wildman–Crippen LogP) is 3.61. The molecule has 3 nitrogen and oxygen atoms in total. The highest BCUT2D eigenvalue weighted by Crippen LogP contribution is 2.27. The van der Waals surface area contributed by atoms with E-state index >= 15 is 0 Å². The zero-order valence-electron chi connectivity index (χ0n) is 12.5. The van der Waals surface area contributed by atoms with Crippen molar-refractivity contribution in [2.75, 3.05) is 13.1 Å². The lowest BCUT2D eigenvalue weighted by Gasteiger charge is -2.22. The van der Waals surface area contributed by atoms with Gasteiger partial charge < -0.3 is 10.6 Å². The van der Waals surface area contributed by atoms with E-state index in [1.807, 2.05) is 0 Å². The molecule has 0 aliphatic rings. The number of halogens is 1. The second-order valence-electron chi connectivity index (χ2n) is 5.36. The molecule has 110 valence electrons. The maximum absolute atomic E-state index is 4.68. The van der Waals surface area contributed by atoms with E-state index in [4.69, 9.17) is 0 Å². The molecule has 0 aliphatic heterocycles. The third-order valence-corrected chi connectivity index (χ3v) is 3.83. The average Bonchev–Trinajstić information content (AvgIpc) is 2.79. The Bertz CT molecular complexity index is 372. The molecule has 0 amide bonds. The lowest BCUT2D eigenvalue weighted by atomic mass is 9.92. The van der Waals surface area contributed by atoms with E-state index in [9.17, 15) is 0 Å². The molecular formula is C14H26IN3S. The molecule has 1 aromatic rings. The van der Waals surface area contributed by atoms with E-state index < -0.39 is 0 Å². The van der Waals surface area contributed by atoms with Crippen LogP contribution in [-0.4, -0.2) is 25.1 Å². The van der Waals surface area contributed by atoms with Crippen LogP contribution in [0.3, 0.4) is 0 Å². The Balaban J connectivity index is 0.00000324. The van der Waals surface area contributed by atoms with Crippen LogP contribution in [0.4, 0.5) is 0 Å². The summed E-state index contributed by atoms with van der Waals surface area (Å²) in [5.74, 6) is 0.900. The molecule has 0 saturated heterocycles. The zero-order chi connectivity index (χ0) is 13.6. The zero-order valence-corrected chi connectivity index (χ0v) is 15.6. The van der Waals surface area contributed by atoms with E-state index in [-0.39, 0.29) is 29.4 Å². The van der Waals surface area contributed by atoms with Crippen LogP contribution in [0.15, 0.2) is 22.5 Å². The average molecular weight is 395 g/mol. The molecule has 0 radical (unpaired) electrons. The van der Waals surface area contributed by atoms with Crippen LogP contribution < -0.4 is 10.6 Å². The molecule has 0 fully saturated rings. The Morgan fingerprint density at radius 2 is 2.11 bits per heavy atom. The summed E-state index contributed by atoms with van der Waals surface area (Å²) >= 11 is 1.80. The second-order valence-corrected chi connectivity index (χ2v) is 6.30. The molecule has 0 unspecified atom stereocenters. The minimum atomic E-state index is 0. The third kappa shape index (κ3) is 6.61. The van der Waals surface area contributed by atoms with E-state index in [2.05, 4.69) is 67.8 Å². The van der Waals surface area contributed by atoms with E-state index in [1.165, 1.54) is 4.88 Å². The molecule has 0 saturated carbocycles. The summed E-state index contributed by atoms with van der Waals surface area (Å²) < 4.78 is 0. The van der Waals surface area contributed by atoms with Gasteiger partial charge in [0, 0.05) is 22.9 Å². The Kier molecular flexibility index (Phi) is 8.65. The first-order valence-electron chi connectivity index (χ1n) is 6.54. The first-order valence-corrected chi connectivity index (χ1v) is 7.42. The molecule has 19 heavy (non-hydrogen) atoms. The summed E-state index contributed by atoms with van der Waals surface area (Å²) in [5, 5.41) is 8.74. The Morgan fingerprint density at radius 3 is 2.58 bits per heavy atom. The topological polar surface area (TPSA) is 36.4 Å². The molecule has 2 N–H and O–H groups in total. The van der Waals surface area contributed by atoms with Crippen LogP contribution in [0.5, 0.6) is 0 Å². The lowest BCUT2D eigenvalue weighted by Crippen LogP contribution is -2.41. The third-order valence-electron chi connectivity index (χ3n) is 2.59. The molecule has 1 rings (SSSR count). The maximum atomic E-state index is 4.68. The maximum Gasteiger partial charge on any atom is 0.191 e. The van der Waals surface area contributed by atoms with Gasteiger partial charge in [-0.15, -0.1) is 35.3 Å². The first-order chi connectivity index (χ1) is 8.45. The van der Waals surface area contributed by atoms with Gasteiger partial charge in [0.25, 0.3) is 0 Å². The molecule has 5 heteroatoms. The monoisotopic (exact) mass is 395 g/mol. The molecule has 1 heterocycles. The minimum Gasteiger partial charge on any atom is -0.357 e. The highest BCUT2D eigenvalue weighted by Gasteiger charge is 2.21. The first kappa shape index (κ1) is 18.7. The second kappa shape index (κ2) is 8.79. The van der Waals surface area contributed by atoms with Crippen molar-refractivity contribution in [3.05, 3.63) is 22.4 Å². The van der Waals surface area contributed by atoms with E-state index in [0.29, 0.717) is 6.04 Å². The molecule has 0 aromatic carbocycles. The van der Waals surface area contributed by atoms with Gasteiger partial charge in [-0.25, -0.2) is 0 Å². The van der Waals surface area contributed by atoms with Crippen molar-refractivity contribution in [1.29, 1.82) is 0 Å². The highest BCUT2D eigenvalue weighted by atomic mass is 127. The van der Waals surface area contributed by atoms with Crippen LogP contribution in [0.2, 0.25) is 0 Å². The van der Waals surface area contributed by atoms with E-state index in [1.54, 1.807) is 11.3 Å². The molecule has 0 aliphatic carbocycles. The van der Waals surface area contributed by atoms with Gasteiger partial charge >= 0.3 is 0 Å². The van der Waals surface area contributed by atoms with Gasteiger partial charge in [-0.05, 0) is 32.2 Å². The SMILES string of the molecule is CCNC(=NCC(C)(C)c1cccs1)NC(C)C.I. The lowest BCUT2D eigenvalue weighted by molar-refractivity contribution is 0.547. The summed E-state index contributed by atoms with van der Waals surface area (Å²) in [5.41, 5.74) is 0.0908. The van der Waals surface area contributed by atoms with Crippen molar-refractivity contribution in [2.24, 2.45) is 4.99 Å². The van der Waals surface area contributed by atoms with Crippen molar-refractivity contribution < 1.29 is 0 Å². The van der Waals surface area contributed by atoms with Gasteiger partial charge in [0.15, 0.2) is 5.96 Å². The Hall–Kier alpha value is -0.300. The van der Waals surface area contributed by atoms with Gasteiger partial charge in [-0.2, -0.15) is 0 Å². The van der Waals surface area contributed by atoms with Crippen LogP contribution in [-0.2, 0) is 5.41 Å². The summed E-state index contributed by atoms with van der Waals surface area (Å²) in [6.45, 7) is 12.5. The van der Waals surface area contributed by atoms with Gasteiger partial charge in [0.1, 0.15) is 0 Å². The van der Waals surface area contributed by atoms with Gasteiger partial charge in [0.05, 0.1) is 6.54 Å². The summed E-state index contributed by atoms with van der Waals surface area (Å²) in [7, 11) is 0. The Labute approximate surface area is 138 Å². The van der Waals surface area contributed by atoms with Gasteiger partial charge in [-0.3, -0.25) is 4.99 Å². The molecule has 0 spiro atoms. The fourth-order valence-electron chi connectivity index (χ4n) is 1.61. The smallest absolute Gasteiger partial charge is 0.191 e. The fraction of sp³-hybridized carbons (Fsp3) is 0.643. The van der Waals surface area contributed by atoms with Crippen molar-refractivity contribution >= 4 is 41.3 Å². The number of hydrogen-bond donors (Lipinski definition) is 2. The molecule has 0 bridgehead atoms. The van der Waals surface area contributed by atoms with Gasteiger partial charge in [-0.1, -0.05) is 19.9 Å². The molecular weight excluding hydrogens is 369 g/mol. The minimum absolute atomic E-state index is 0. The van der Waals surface area contributed by atoms with Crippen molar-refractivity contribution in [2.45, 2.75) is 46.1 Å². The number of aliphatic imine (C=N–C) groups is 1. The molecule has 1 aromatic heterocycles. The number of rotatable bonds is 5. The largest absolute Gasteiger partial charge is 0.357 e. The number of hydrogen-bond acceptors (Lipinski definition) is 2. The summed E-state index contributed by atoms with van der Waals surface area (Å²) in [6.07, 6.45) is 0. The normalized spacial score (nSPS) is 12.2. The van der Waals surface area contributed by atoms with Crippen molar-refractivity contribution in [1.82, 2.24) is 10.6 Å². The van der Waals surface area contributed by atoms with Gasteiger partial charge in [0.2, 0.25) is 0 Å². The van der Waals surface area contributed by atoms with Crippen LogP contribution in [0, 0.1) is 0 Å². The van der Waals surface area contributed by atoms with Crippen molar-refractivity contribution in [3.8, 4) is 0 Å². The molecule has 0 atom stereocenters. The summed E-state index contributed by atoms with van der Waals surface area (Å²) in [6, 6.07) is 4.68. The number of nitrogens with zero attached hydrogens (tertiary/aromatic N) is 1. The van der Waals surface area contributed by atoms with Crippen LogP contribution in [0.25, 0.3) is 0 Å². The van der Waals surface area contributed by atoms with Crippen LogP contribution >= 0.6 is 35.3 Å². The number of nitrogens with one attached hydrogen (secondary N) is 2. The fourth-order valence-corrected chi connectivity index (χ4v) is 2.46. The predicted molar refractivity (Wildman–Crippen MR) is 97.0 cm³/mol. The highest BCUT2D eigenvalue weighted by molar-refractivity contribution is 14.0. The van der Waals surface area contributed by atoms with E-state index in [0.717, 1.165) is 19.0 Å². The van der Waals surface area contributed by atoms with Crippen LogP contribution in [0.1, 0.15) is 39.5 Å². The standard InChI is InChI=1S/C14H25N3S.HI/c1-6-15-13(17-11(2)3)16-10-14(4,5)12-8-7-9-18-12;/h7-9,11H,6,10H2,1-5H3,(H2,15,16,17);1H. The quantitative estimate of drug-likeness (QED) is 0.454. The number of guanidine groups is 1. The number of thiophene rings is 1. The van der Waals surface area contributed by atoms with Crippen molar-refractivity contribution in [3.63, 3.8) is 0 Å².